The van der Waals surface area contributed by atoms with Gasteiger partial charge in [0, 0.05) is 11.3 Å². The van der Waals surface area contributed by atoms with Crippen LogP contribution in [0, 0.1) is 0 Å². The third kappa shape index (κ3) is 3.47. The van der Waals surface area contributed by atoms with Crippen LogP contribution in [0.4, 0.5) is 14.5 Å². The van der Waals surface area contributed by atoms with Gasteiger partial charge in [0.05, 0.1) is 13.1 Å². The first kappa shape index (κ1) is 12.4. The molecular formula is C10H13F2N3O. The number of amides is 1. The fourth-order valence-corrected chi connectivity index (χ4v) is 1.06. The van der Waals surface area contributed by atoms with Crippen molar-refractivity contribution in [3.8, 4) is 0 Å². The van der Waals surface area contributed by atoms with Crippen LogP contribution >= 0.6 is 0 Å². The van der Waals surface area contributed by atoms with E-state index in [1.165, 1.54) is 24.3 Å². The van der Waals surface area contributed by atoms with Crippen LogP contribution < -0.4 is 16.8 Å². The van der Waals surface area contributed by atoms with Crippen LogP contribution in [0.2, 0.25) is 0 Å². The van der Waals surface area contributed by atoms with Gasteiger partial charge >= 0.3 is 0 Å². The zero-order valence-electron chi connectivity index (χ0n) is 8.54. The molecule has 0 saturated carbocycles. The van der Waals surface area contributed by atoms with Crippen LogP contribution in [0.15, 0.2) is 24.3 Å². The van der Waals surface area contributed by atoms with Crippen molar-refractivity contribution < 1.29 is 13.6 Å². The molecule has 0 radical (unpaired) electrons. The lowest BCUT2D eigenvalue weighted by atomic mass is 10.2. The number of nitrogens with two attached hydrogens (primary N) is 2. The van der Waals surface area contributed by atoms with Crippen molar-refractivity contribution in [2.24, 2.45) is 11.5 Å². The summed E-state index contributed by atoms with van der Waals surface area (Å²) in [6.45, 7) is -1.25. The maximum absolute atomic E-state index is 12.8. The lowest BCUT2D eigenvalue weighted by Gasteiger charge is -2.15. The molecule has 88 valence electrons. The van der Waals surface area contributed by atoms with E-state index in [4.69, 9.17) is 11.5 Å². The second kappa shape index (κ2) is 4.89. The minimum Gasteiger partial charge on any atom is -0.379 e. The van der Waals surface area contributed by atoms with Gasteiger partial charge in [-0.05, 0) is 24.3 Å². The van der Waals surface area contributed by atoms with Crippen LogP contribution in [-0.2, 0) is 0 Å². The molecule has 0 atom stereocenters. The van der Waals surface area contributed by atoms with Crippen molar-refractivity contribution in [3.05, 3.63) is 29.8 Å². The van der Waals surface area contributed by atoms with E-state index in [1.807, 2.05) is 0 Å². The Morgan fingerprint density at radius 3 is 2.31 bits per heavy atom. The summed E-state index contributed by atoms with van der Waals surface area (Å²) >= 11 is 0. The van der Waals surface area contributed by atoms with Crippen LogP contribution in [0.25, 0.3) is 0 Å². The standard InChI is InChI=1S/C10H13F2N3O/c11-10(12,5-13)6-15-8-3-1-7(2-4-8)9(14)16/h1-4,15H,5-6,13H2,(H2,14,16). The van der Waals surface area contributed by atoms with Crippen molar-refractivity contribution in [1.29, 1.82) is 0 Å². The zero-order chi connectivity index (χ0) is 12.2. The van der Waals surface area contributed by atoms with E-state index < -0.39 is 24.9 Å². The molecule has 1 rings (SSSR count). The SMILES string of the molecule is NCC(F)(F)CNc1ccc(C(N)=O)cc1. The number of carbonyl (C=O) groups is 1. The number of hydrogen-bond donors (Lipinski definition) is 3. The molecule has 6 heteroatoms. The summed E-state index contributed by atoms with van der Waals surface area (Å²) in [4.78, 5) is 10.7. The summed E-state index contributed by atoms with van der Waals surface area (Å²) in [6, 6.07) is 5.94. The molecule has 1 aromatic carbocycles. The first-order valence-electron chi connectivity index (χ1n) is 4.66. The number of nitrogens with one attached hydrogen (secondary N) is 1. The monoisotopic (exact) mass is 229 g/mol. The van der Waals surface area contributed by atoms with E-state index >= 15 is 0 Å². The average Bonchev–Trinajstić information content (AvgIpc) is 2.27. The Bertz CT molecular complexity index is 365. The van der Waals surface area contributed by atoms with Crippen LogP contribution in [0.5, 0.6) is 0 Å². The normalized spacial score (nSPS) is 11.2. The van der Waals surface area contributed by atoms with Gasteiger partial charge in [0.1, 0.15) is 0 Å². The van der Waals surface area contributed by atoms with Gasteiger partial charge in [0.2, 0.25) is 5.91 Å². The molecule has 0 saturated heterocycles. The highest BCUT2D eigenvalue weighted by atomic mass is 19.3. The van der Waals surface area contributed by atoms with Crippen molar-refractivity contribution in [2.75, 3.05) is 18.4 Å². The summed E-state index contributed by atoms with van der Waals surface area (Å²) in [7, 11) is 0. The quantitative estimate of drug-likeness (QED) is 0.698. The molecule has 1 amide bonds. The molecule has 1 aromatic rings. The minimum atomic E-state index is -2.94. The summed E-state index contributed by atoms with van der Waals surface area (Å²) in [5.41, 5.74) is 10.7. The van der Waals surface area contributed by atoms with Gasteiger partial charge in [0.25, 0.3) is 5.92 Å². The molecule has 16 heavy (non-hydrogen) atoms. The van der Waals surface area contributed by atoms with Crippen molar-refractivity contribution in [2.45, 2.75) is 5.92 Å². The molecule has 0 aromatic heterocycles. The number of alkyl halides is 2. The maximum atomic E-state index is 12.8. The summed E-state index contributed by atoms with van der Waals surface area (Å²) in [5, 5.41) is 2.52. The largest absolute Gasteiger partial charge is 0.379 e. The second-order valence-corrected chi connectivity index (χ2v) is 3.36. The van der Waals surface area contributed by atoms with Gasteiger partial charge in [0.15, 0.2) is 0 Å². The maximum Gasteiger partial charge on any atom is 0.276 e. The topological polar surface area (TPSA) is 81.1 Å². The number of hydrogen-bond acceptors (Lipinski definition) is 3. The second-order valence-electron chi connectivity index (χ2n) is 3.36. The molecule has 0 fully saturated rings. The number of halogens is 2. The Hall–Kier alpha value is -1.69. The first-order chi connectivity index (χ1) is 7.44. The number of rotatable bonds is 5. The molecule has 0 bridgehead atoms. The molecule has 0 aliphatic heterocycles. The summed E-state index contributed by atoms with van der Waals surface area (Å²) in [6.07, 6.45) is 0. The number of anilines is 1. The zero-order valence-corrected chi connectivity index (χ0v) is 8.54. The van der Waals surface area contributed by atoms with Crippen molar-refractivity contribution in [3.63, 3.8) is 0 Å². The number of carbonyl (C=O) groups excluding carboxylic acids is 1. The smallest absolute Gasteiger partial charge is 0.276 e. The average molecular weight is 229 g/mol. The highest BCUT2D eigenvalue weighted by Gasteiger charge is 2.25. The van der Waals surface area contributed by atoms with Gasteiger partial charge in [-0.3, -0.25) is 4.79 Å². The highest BCUT2D eigenvalue weighted by molar-refractivity contribution is 5.93. The Morgan fingerprint density at radius 1 is 1.31 bits per heavy atom. The fourth-order valence-electron chi connectivity index (χ4n) is 1.06. The molecule has 0 aliphatic carbocycles. The Kier molecular flexibility index (Phi) is 3.78. The van der Waals surface area contributed by atoms with Crippen molar-refractivity contribution in [1.82, 2.24) is 0 Å². The minimum absolute atomic E-state index is 0.330. The lowest BCUT2D eigenvalue weighted by Crippen LogP contribution is -2.35. The Morgan fingerprint density at radius 2 is 1.88 bits per heavy atom. The fraction of sp³-hybridized carbons (Fsp3) is 0.300. The molecule has 0 unspecified atom stereocenters. The van der Waals surface area contributed by atoms with E-state index in [0.717, 1.165) is 0 Å². The van der Waals surface area contributed by atoms with E-state index in [0.29, 0.717) is 11.3 Å². The molecule has 0 heterocycles. The molecular weight excluding hydrogens is 216 g/mol. The Balaban J connectivity index is 2.59. The van der Waals surface area contributed by atoms with Gasteiger partial charge < -0.3 is 16.8 Å². The van der Waals surface area contributed by atoms with Crippen molar-refractivity contribution >= 4 is 11.6 Å². The predicted molar refractivity (Wildman–Crippen MR) is 57.5 cm³/mol. The van der Waals surface area contributed by atoms with E-state index in [-0.39, 0.29) is 0 Å². The van der Waals surface area contributed by atoms with Crippen LogP contribution in [0.1, 0.15) is 10.4 Å². The molecule has 0 aliphatic rings. The lowest BCUT2D eigenvalue weighted by molar-refractivity contribution is 0.0254. The van der Waals surface area contributed by atoms with Gasteiger partial charge in [-0.2, -0.15) is 0 Å². The predicted octanol–water partition coefficient (Wildman–Crippen LogP) is 0.791. The summed E-state index contributed by atoms with van der Waals surface area (Å²) < 4.78 is 25.6. The van der Waals surface area contributed by atoms with Crippen LogP contribution in [0.3, 0.4) is 0 Å². The first-order valence-corrected chi connectivity index (χ1v) is 4.66. The van der Waals surface area contributed by atoms with E-state index in [2.05, 4.69) is 5.32 Å². The van der Waals surface area contributed by atoms with E-state index in [9.17, 15) is 13.6 Å². The third-order valence-electron chi connectivity index (χ3n) is 2.02. The number of benzene rings is 1. The van der Waals surface area contributed by atoms with E-state index in [1.54, 1.807) is 0 Å². The third-order valence-corrected chi connectivity index (χ3v) is 2.02. The molecule has 5 N–H and O–H groups in total. The van der Waals surface area contributed by atoms with Gasteiger partial charge in [-0.15, -0.1) is 0 Å². The van der Waals surface area contributed by atoms with Gasteiger partial charge in [-0.1, -0.05) is 0 Å². The molecule has 0 spiro atoms. The highest BCUT2D eigenvalue weighted by Crippen LogP contribution is 2.14. The summed E-state index contributed by atoms with van der Waals surface area (Å²) in [5.74, 6) is -3.50. The van der Waals surface area contributed by atoms with Gasteiger partial charge in [-0.25, -0.2) is 8.78 Å². The number of primary amides is 1. The van der Waals surface area contributed by atoms with Crippen LogP contribution in [-0.4, -0.2) is 24.9 Å². The Labute approximate surface area is 91.6 Å². The molecule has 4 nitrogen and oxygen atoms in total.